The normalized spacial score (nSPS) is 10.9. The van der Waals surface area contributed by atoms with Crippen LogP contribution in [0, 0.1) is 5.92 Å². The monoisotopic (exact) mass is 288 g/mol. The molecular formula is C16H20N2O3. The van der Waals surface area contributed by atoms with Gasteiger partial charge in [0.25, 0.3) is 5.56 Å². The number of hydrogen-bond acceptors (Lipinski definition) is 3. The third kappa shape index (κ3) is 3.62. The van der Waals surface area contributed by atoms with Crippen molar-refractivity contribution in [1.29, 1.82) is 0 Å². The zero-order chi connectivity index (χ0) is 15.4. The Bertz CT molecular complexity index is 704. The Morgan fingerprint density at radius 2 is 2.10 bits per heavy atom. The molecule has 0 spiro atoms. The molecule has 0 aliphatic rings. The molecule has 1 amide bonds. The Hall–Kier alpha value is -2.30. The Balaban J connectivity index is 2.24. The van der Waals surface area contributed by atoms with E-state index in [1.165, 1.54) is 4.57 Å². The van der Waals surface area contributed by atoms with E-state index in [0.29, 0.717) is 23.6 Å². The predicted molar refractivity (Wildman–Crippen MR) is 82.6 cm³/mol. The third-order valence-electron chi connectivity index (χ3n) is 3.21. The minimum atomic E-state index is -0.171. The fraction of sp³-hybridized carbons (Fsp3) is 0.375. The van der Waals surface area contributed by atoms with Crippen molar-refractivity contribution in [3.05, 3.63) is 40.8 Å². The Kier molecular flexibility index (Phi) is 4.62. The number of carbonyl (C=O) groups excluding carboxylic acids is 1. The first-order chi connectivity index (χ1) is 10.0. The summed E-state index contributed by atoms with van der Waals surface area (Å²) in [5.41, 5.74) is -0.171. The van der Waals surface area contributed by atoms with Gasteiger partial charge in [0.1, 0.15) is 12.3 Å². The fourth-order valence-corrected chi connectivity index (χ4v) is 2.05. The number of nitrogens with one attached hydrogen (secondary N) is 1. The zero-order valence-corrected chi connectivity index (χ0v) is 12.6. The van der Waals surface area contributed by atoms with Gasteiger partial charge in [-0.2, -0.15) is 0 Å². The molecule has 0 fully saturated rings. The first-order valence-electron chi connectivity index (χ1n) is 6.95. The minimum Gasteiger partial charge on any atom is -0.497 e. The fourth-order valence-electron chi connectivity index (χ4n) is 2.05. The maximum absolute atomic E-state index is 12.3. The van der Waals surface area contributed by atoms with Crippen molar-refractivity contribution in [3.8, 4) is 5.75 Å². The van der Waals surface area contributed by atoms with Crippen LogP contribution >= 0.6 is 0 Å². The average molecular weight is 288 g/mol. The van der Waals surface area contributed by atoms with E-state index in [1.54, 1.807) is 31.5 Å². The van der Waals surface area contributed by atoms with Gasteiger partial charge in [0.15, 0.2) is 0 Å². The van der Waals surface area contributed by atoms with Crippen molar-refractivity contribution in [2.24, 2.45) is 5.92 Å². The van der Waals surface area contributed by atoms with Gasteiger partial charge < -0.3 is 14.6 Å². The summed E-state index contributed by atoms with van der Waals surface area (Å²) in [5.74, 6) is 0.933. The van der Waals surface area contributed by atoms with Crippen LogP contribution in [-0.2, 0) is 11.3 Å². The second kappa shape index (κ2) is 6.43. The molecule has 0 saturated heterocycles. The van der Waals surface area contributed by atoms with Crippen LogP contribution in [0.2, 0.25) is 0 Å². The summed E-state index contributed by atoms with van der Waals surface area (Å²) in [4.78, 5) is 24.2. The second-order valence-electron chi connectivity index (χ2n) is 5.40. The lowest BCUT2D eigenvalue weighted by atomic mass is 10.1. The summed E-state index contributed by atoms with van der Waals surface area (Å²) in [7, 11) is 1.58. The molecule has 0 bridgehead atoms. The molecule has 21 heavy (non-hydrogen) atoms. The SMILES string of the molecule is COc1ccc2c(=O)n(CC(=O)NCC(C)C)ccc2c1. The number of carbonyl (C=O) groups is 1. The average Bonchev–Trinajstić information content (AvgIpc) is 2.47. The quantitative estimate of drug-likeness (QED) is 0.912. The van der Waals surface area contributed by atoms with Crippen molar-refractivity contribution < 1.29 is 9.53 Å². The number of methoxy groups -OCH3 is 1. The van der Waals surface area contributed by atoms with Crippen molar-refractivity contribution in [2.75, 3.05) is 13.7 Å². The van der Waals surface area contributed by atoms with Crippen LogP contribution in [0.4, 0.5) is 0 Å². The number of ether oxygens (including phenoxy) is 1. The van der Waals surface area contributed by atoms with Crippen molar-refractivity contribution in [3.63, 3.8) is 0 Å². The molecule has 2 rings (SSSR count). The molecule has 0 unspecified atom stereocenters. The molecule has 5 heteroatoms. The van der Waals surface area contributed by atoms with Gasteiger partial charge in [0.05, 0.1) is 7.11 Å². The lowest BCUT2D eigenvalue weighted by Gasteiger charge is -2.10. The van der Waals surface area contributed by atoms with Gasteiger partial charge in [-0.25, -0.2) is 0 Å². The van der Waals surface area contributed by atoms with Crippen LogP contribution in [0.5, 0.6) is 5.75 Å². The number of nitrogens with zero attached hydrogens (tertiary/aromatic N) is 1. The van der Waals surface area contributed by atoms with E-state index in [2.05, 4.69) is 5.32 Å². The molecule has 0 saturated carbocycles. The van der Waals surface area contributed by atoms with E-state index in [4.69, 9.17) is 4.74 Å². The molecule has 5 nitrogen and oxygen atoms in total. The zero-order valence-electron chi connectivity index (χ0n) is 12.6. The Morgan fingerprint density at radius 1 is 1.33 bits per heavy atom. The van der Waals surface area contributed by atoms with E-state index < -0.39 is 0 Å². The van der Waals surface area contributed by atoms with Gasteiger partial charge in [0, 0.05) is 18.1 Å². The number of aromatic nitrogens is 1. The molecule has 0 radical (unpaired) electrons. The maximum atomic E-state index is 12.3. The largest absolute Gasteiger partial charge is 0.497 e. The van der Waals surface area contributed by atoms with E-state index in [0.717, 1.165) is 5.39 Å². The Labute approximate surface area is 123 Å². The van der Waals surface area contributed by atoms with Gasteiger partial charge in [0.2, 0.25) is 5.91 Å². The smallest absolute Gasteiger partial charge is 0.258 e. The van der Waals surface area contributed by atoms with Gasteiger partial charge >= 0.3 is 0 Å². The van der Waals surface area contributed by atoms with Crippen molar-refractivity contribution in [1.82, 2.24) is 9.88 Å². The number of pyridine rings is 1. The van der Waals surface area contributed by atoms with Crippen LogP contribution in [0.3, 0.4) is 0 Å². The molecule has 2 aromatic rings. The number of hydrogen-bond donors (Lipinski definition) is 1. The number of fused-ring (bicyclic) bond motifs is 1. The van der Waals surface area contributed by atoms with Gasteiger partial charge in [-0.1, -0.05) is 13.8 Å². The standard InChI is InChI=1S/C16H20N2O3/c1-11(2)9-17-15(19)10-18-7-6-12-8-13(21-3)4-5-14(12)16(18)20/h4-8,11H,9-10H2,1-3H3,(H,17,19). The lowest BCUT2D eigenvalue weighted by molar-refractivity contribution is -0.121. The van der Waals surface area contributed by atoms with E-state index in [9.17, 15) is 9.59 Å². The predicted octanol–water partition coefficient (Wildman–Crippen LogP) is 1.78. The highest BCUT2D eigenvalue weighted by Gasteiger charge is 2.08. The molecule has 0 atom stereocenters. The van der Waals surface area contributed by atoms with Crippen LogP contribution in [0.1, 0.15) is 13.8 Å². The van der Waals surface area contributed by atoms with E-state index in [1.807, 2.05) is 19.9 Å². The summed E-state index contributed by atoms with van der Waals surface area (Å²) < 4.78 is 6.56. The van der Waals surface area contributed by atoms with Crippen LogP contribution in [-0.4, -0.2) is 24.1 Å². The molecule has 1 heterocycles. The van der Waals surface area contributed by atoms with Gasteiger partial charge in [-0.3, -0.25) is 9.59 Å². The molecule has 0 aliphatic carbocycles. The molecule has 0 aliphatic heterocycles. The first-order valence-corrected chi connectivity index (χ1v) is 6.95. The van der Waals surface area contributed by atoms with Gasteiger partial charge in [-0.15, -0.1) is 0 Å². The second-order valence-corrected chi connectivity index (χ2v) is 5.40. The van der Waals surface area contributed by atoms with Crippen LogP contribution in [0.25, 0.3) is 10.8 Å². The summed E-state index contributed by atoms with van der Waals surface area (Å²) in [6.07, 6.45) is 1.64. The maximum Gasteiger partial charge on any atom is 0.258 e. The molecule has 1 aromatic carbocycles. The topological polar surface area (TPSA) is 60.3 Å². The van der Waals surface area contributed by atoms with E-state index >= 15 is 0 Å². The van der Waals surface area contributed by atoms with Crippen LogP contribution < -0.4 is 15.6 Å². The summed E-state index contributed by atoms with van der Waals surface area (Å²) >= 11 is 0. The number of amides is 1. The number of benzene rings is 1. The minimum absolute atomic E-state index is 0.0352. The molecular weight excluding hydrogens is 268 g/mol. The first kappa shape index (κ1) is 15.1. The van der Waals surface area contributed by atoms with Crippen molar-refractivity contribution >= 4 is 16.7 Å². The summed E-state index contributed by atoms with van der Waals surface area (Å²) in [5, 5.41) is 4.19. The van der Waals surface area contributed by atoms with Crippen molar-refractivity contribution in [2.45, 2.75) is 20.4 Å². The highest BCUT2D eigenvalue weighted by Crippen LogP contribution is 2.17. The molecule has 1 aromatic heterocycles. The van der Waals surface area contributed by atoms with Gasteiger partial charge in [-0.05, 0) is 35.6 Å². The van der Waals surface area contributed by atoms with Crippen LogP contribution in [0.15, 0.2) is 35.3 Å². The summed E-state index contributed by atoms with van der Waals surface area (Å²) in [6, 6.07) is 7.08. The highest BCUT2D eigenvalue weighted by molar-refractivity contribution is 5.83. The van der Waals surface area contributed by atoms with E-state index in [-0.39, 0.29) is 18.0 Å². The third-order valence-corrected chi connectivity index (χ3v) is 3.21. The highest BCUT2D eigenvalue weighted by atomic mass is 16.5. The lowest BCUT2D eigenvalue weighted by Crippen LogP contribution is -2.34. The Morgan fingerprint density at radius 3 is 2.76 bits per heavy atom. The molecule has 1 N–H and O–H groups in total. The summed E-state index contributed by atoms with van der Waals surface area (Å²) in [6.45, 7) is 4.69. The number of rotatable bonds is 5. The molecule has 112 valence electrons.